The quantitative estimate of drug-likeness (QED) is 0.540. The monoisotopic (exact) mass is 130 g/mol. The fraction of sp³-hybridized carbons (Fsp3) is 0. The van der Waals surface area contributed by atoms with Crippen molar-refractivity contribution in [1.29, 1.82) is 0 Å². The number of hydrogen-bond donors (Lipinski definition) is 0. The Hall–Kier alpha value is -1.44. The molecule has 0 saturated carbocycles. The van der Waals surface area contributed by atoms with Crippen LogP contribution in [0.1, 0.15) is 1.43 Å². The van der Waals surface area contributed by atoms with Crippen LogP contribution in [0.25, 0.3) is 10.9 Å². The van der Waals surface area contributed by atoms with Crippen LogP contribution >= 0.6 is 0 Å². The summed E-state index contributed by atoms with van der Waals surface area (Å²) in [5.74, 6) is 0. The molecule has 0 aliphatic heterocycles. The van der Waals surface area contributed by atoms with Crippen LogP contribution in [0.4, 0.5) is 0 Å². The summed E-state index contributed by atoms with van der Waals surface area (Å²) in [6.45, 7) is 0. The summed E-state index contributed by atoms with van der Waals surface area (Å²) in [5, 5.41) is 8.74. The molecule has 2 rings (SSSR count). The summed E-state index contributed by atoms with van der Waals surface area (Å²) in [4.78, 5) is 0. The molecule has 2 aromatic rings. The summed E-state index contributed by atoms with van der Waals surface area (Å²) in [6, 6.07) is 10.5. The van der Waals surface area contributed by atoms with E-state index in [2.05, 4.69) is 16.3 Å². The zero-order valence-electron chi connectivity index (χ0n) is 6.28. The van der Waals surface area contributed by atoms with Crippen LogP contribution in [0.15, 0.2) is 30.5 Å². The highest BCUT2D eigenvalue weighted by Gasteiger charge is 1.88. The molecule has 0 N–H and O–H groups in total. The Morgan fingerprint density at radius 3 is 3.30 bits per heavy atom. The first-order valence-electron chi connectivity index (χ1n) is 3.04. The molecular weight excluding hydrogens is 124 g/mol. The first kappa shape index (κ1) is 5.35. The Balaban J connectivity index is 0.000000605. The topological polar surface area (TPSA) is 25.8 Å². The predicted octanol–water partition coefficient (Wildman–Crippen LogP) is 1.54. The summed E-state index contributed by atoms with van der Waals surface area (Å²) in [7, 11) is 0. The standard InChI is InChI=1S/C8H5N2/c1-2-4-8-7(3-1)5-6-9-10-8/h2-6H/p+1. The maximum Gasteiger partial charge on any atom is 1.00 e. The van der Waals surface area contributed by atoms with Gasteiger partial charge >= 0.3 is 1.43 Å². The highest BCUT2D eigenvalue weighted by atomic mass is 15.1. The van der Waals surface area contributed by atoms with E-state index in [4.69, 9.17) is 0 Å². The first-order valence-corrected chi connectivity index (χ1v) is 3.04. The second-order valence-corrected chi connectivity index (χ2v) is 2.02. The summed E-state index contributed by atoms with van der Waals surface area (Å²) < 4.78 is 0. The molecule has 0 unspecified atom stereocenters. The molecule has 0 aliphatic rings. The molecule has 0 atom stereocenters. The zero-order chi connectivity index (χ0) is 6.81. The summed E-state index contributed by atoms with van der Waals surface area (Å²) in [6.07, 6.45) is 1.68. The maximum absolute atomic E-state index is 3.91. The van der Waals surface area contributed by atoms with E-state index in [1.165, 1.54) is 0 Å². The number of benzene rings is 1. The molecule has 0 saturated heterocycles. The van der Waals surface area contributed by atoms with E-state index < -0.39 is 0 Å². The van der Waals surface area contributed by atoms with E-state index in [9.17, 15) is 0 Å². The van der Waals surface area contributed by atoms with E-state index >= 15 is 0 Å². The third-order valence-corrected chi connectivity index (χ3v) is 1.36. The Morgan fingerprint density at radius 1 is 1.40 bits per heavy atom. The minimum Gasteiger partial charge on any atom is -0.159 e. The number of nitrogens with zero attached hydrogens (tertiary/aromatic N) is 2. The van der Waals surface area contributed by atoms with Gasteiger partial charge in [-0.2, -0.15) is 10.2 Å². The molecule has 1 heterocycles. The van der Waals surface area contributed by atoms with Gasteiger partial charge in [-0.25, -0.2) is 0 Å². The molecule has 0 fully saturated rings. The van der Waals surface area contributed by atoms with Gasteiger partial charge in [-0.3, -0.25) is 0 Å². The first-order chi connectivity index (χ1) is 4.97. The average Bonchev–Trinajstić information content (AvgIpc) is 2.05. The van der Waals surface area contributed by atoms with Gasteiger partial charge in [-0.15, -0.1) is 0 Å². The van der Waals surface area contributed by atoms with E-state index in [1.54, 1.807) is 6.20 Å². The van der Waals surface area contributed by atoms with Crippen molar-refractivity contribution in [3.8, 4) is 0 Å². The highest BCUT2D eigenvalue weighted by Crippen LogP contribution is 2.06. The van der Waals surface area contributed by atoms with Crippen LogP contribution in [0.2, 0.25) is 0 Å². The van der Waals surface area contributed by atoms with Gasteiger partial charge in [-0.1, -0.05) is 6.07 Å². The van der Waals surface area contributed by atoms with Gasteiger partial charge in [0.2, 0.25) is 0 Å². The van der Waals surface area contributed by atoms with Crippen LogP contribution in [0, 0.1) is 6.07 Å². The second-order valence-electron chi connectivity index (χ2n) is 2.02. The molecule has 0 spiro atoms. The molecule has 2 heteroatoms. The zero-order valence-corrected chi connectivity index (χ0v) is 5.28. The average molecular weight is 130 g/mol. The molecular formula is C8H6N2+. The molecule has 0 bridgehead atoms. The lowest BCUT2D eigenvalue weighted by molar-refractivity contribution is 1.08. The van der Waals surface area contributed by atoms with Crippen molar-refractivity contribution in [3.63, 3.8) is 0 Å². The third kappa shape index (κ3) is 0.739. The minimum absolute atomic E-state index is 0. The molecule has 0 amide bonds. The molecule has 47 valence electrons. The van der Waals surface area contributed by atoms with E-state index in [0.717, 1.165) is 10.9 Å². The van der Waals surface area contributed by atoms with Crippen LogP contribution in [0.3, 0.4) is 0 Å². The van der Waals surface area contributed by atoms with Crippen molar-refractivity contribution in [2.24, 2.45) is 0 Å². The summed E-state index contributed by atoms with van der Waals surface area (Å²) in [5.41, 5.74) is 0.918. The number of hydrogen-bond acceptors (Lipinski definition) is 2. The Bertz CT molecular complexity index is 283. The molecule has 0 aliphatic carbocycles. The van der Waals surface area contributed by atoms with Crippen molar-refractivity contribution >= 4 is 10.9 Å². The van der Waals surface area contributed by atoms with Crippen LogP contribution in [-0.4, -0.2) is 10.2 Å². The van der Waals surface area contributed by atoms with Gasteiger partial charge in [0.1, 0.15) is 0 Å². The van der Waals surface area contributed by atoms with Gasteiger partial charge in [0, 0.05) is 5.39 Å². The molecule has 10 heavy (non-hydrogen) atoms. The van der Waals surface area contributed by atoms with Crippen LogP contribution < -0.4 is 0 Å². The molecule has 1 aromatic carbocycles. The Kier molecular flexibility index (Phi) is 1.10. The summed E-state index contributed by atoms with van der Waals surface area (Å²) >= 11 is 0. The molecule has 1 aromatic heterocycles. The van der Waals surface area contributed by atoms with Crippen molar-refractivity contribution < 1.29 is 1.43 Å². The predicted molar refractivity (Wildman–Crippen MR) is 39.5 cm³/mol. The van der Waals surface area contributed by atoms with Crippen molar-refractivity contribution in [2.45, 2.75) is 0 Å². The number of fused-ring (bicyclic) bond motifs is 1. The van der Waals surface area contributed by atoms with E-state index in [-0.39, 0.29) is 1.43 Å². The lowest BCUT2D eigenvalue weighted by Crippen LogP contribution is -1.79. The van der Waals surface area contributed by atoms with E-state index in [0.29, 0.717) is 0 Å². The largest absolute Gasteiger partial charge is 1.00 e. The minimum atomic E-state index is 0. The van der Waals surface area contributed by atoms with E-state index in [1.807, 2.05) is 24.3 Å². The van der Waals surface area contributed by atoms with Crippen LogP contribution in [-0.2, 0) is 0 Å². The Morgan fingerprint density at radius 2 is 2.40 bits per heavy atom. The smallest absolute Gasteiger partial charge is 0.159 e. The second kappa shape index (κ2) is 2.06. The van der Waals surface area contributed by atoms with Gasteiger partial charge < -0.3 is 0 Å². The van der Waals surface area contributed by atoms with Gasteiger partial charge in [0.25, 0.3) is 0 Å². The normalized spacial score (nSPS) is 10.0. The van der Waals surface area contributed by atoms with Gasteiger partial charge in [-0.05, 0) is 24.3 Å². The number of aromatic nitrogens is 2. The molecule has 1 radical (unpaired) electrons. The van der Waals surface area contributed by atoms with Crippen molar-refractivity contribution in [1.82, 2.24) is 10.2 Å². The lowest BCUT2D eigenvalue weighted by atomic mass is 10.2. The van der Waals surface area contributed by atoms with Crippen LogP contribution in [0.5, 0.6) is 0 Å². The van der Waals surface area contributed by atoms with Gasteiger partial charge in [0.05, 0.1) is 11.7 Å². The highest BCUT2D eigenvalue weighted by molar-refractivity contribution is 5.76. The Labute approximate surface area is 60.0 Å². The third-order valence-electron chi connectivity index (χ3n) is 1.36. The van der Waals surface area contributed by atoms with Crippen molar-refractivity contribution in [2.75, 3.05) is 0 Å². The van der Waals surface area contributed by atoms with Crippen molar-refractivity contribution in [3.05, 3.63) is 36.5 Å². The fourth-order valence-electron chi connectivity index (χ4n) is 0.869. The fourth-order valence-corrected chi connectivity index (χ4v) is 0.869. The molecule has 2 nitrogen and oxygen atoms in total. The maximum atomic E-state index is 3.91. The van der Waals surface area contributed by atoms with Gasteiger partial charge in [0.15, 0.2) is 0 Å². The lowest BCUT2D eigenvalue weighted by Gasteiger charge is -1.89. The number of rotatable bonds is 0. The SMILES string of the molecule is [H+].[c]1ccc2nnccc2c1.